The zero-order valence-corrected chi connectivity index (χ0v) is 16.8. The van der Waals surface area contributed by atoms with E-state index in [1.54, 1.807) is 43.1 Å². The number of methoxy groups -OCH3 is 1. The number of nitrogens with one attached hydrogen (secondary N) is 1. The predicted molar refractivity (Wildman–Crippen MR) is 113 cm³/mol. The Bertz CT molecular complexity index is 975. The van der Waals surface area contributed by atoms with E-state index in [-0.39, 0.29) is 18.9 Å². The Kier molecular flexibility index (Phi) is 7.30. The number of amides is 1. The third-order valence-corrected chi connectivity index (χ3v) is 5.06. The van der Waals surface area contributed by atoms with Crippen LogP contribution in [-0.4, -0.2) is 25.6 Å². The molecule has 0 aliphatic carbocycles. The Morgan fingerprint density at radius 3 is 2.48 bits per heavy atom. The van der Waals surface area contributed by atoms with E-state index < -0.39 is 5.97 Å². The summed E-state index contributed by atoms with van der Waals surface area (Å²) in [5, 5.41) is 2.81. The van der Waals surface area contributed by atoms with Crippen molar-refractivity contribution in [1.82, 2.24) is 0 Å². The van der Waals surface area contributed by atoms with E-state index in [4.69, 9.17) is 9.47 Å². The Balaban J connectivity index is 1.53. The molecule has 0 atom stereocenters. The summed E-state index contributed by atoms with van der Waals surface area (Å²) in [5.41, 5.74) is 1.44. The Morgan fingerprint density at radius 2 is 1.69 bits per heavy atom. The van der Waals surface area contributed by atoms with Gasteiger partial charge in [-0.2, -0.15) is 0 Å². The van der Waals surface area contributed by atoms with Crippen LogP contribution in [0.25, 0.3) is 0 Å². The molecule has 1 N–H and O–H groups in total. The molecule has 3 aromatic carbocycles. The van der Waals surface area contributed by atoms with E-state index in [9.17, 15) is 9.59 Å². The van der Waals surface area contributed by atoms with Crippen molar-refractivity contribution in [3.8, 4) is 5.75 Å². The van der Waals surface area contributed by atoms with Crippen LogP contribution in [0.4, 0.5) is 5.69 Å². The van der Waals surface area contributed by atoms with Crippen molar-refractivity contribution in [1.29, 1.82) is 0 Å². The van der Waals surface area contributed by atoms with E-state index in [2.05, 4.69) is 5.32 Å². The van der Waals surface area contributed by atoms with Crippen molar-refractivity contribution in [2.75, 3.05) is 19.0 Å². The molecule has 5 nitrogen and oxygen atoms in total. The van der Waals surface area contributed by atoms with E-state index in [1.165, 1.54) is 0 Å². The van der Waals surface area contributed by atoms with Gasteiger partial charge >= 0.3 is 5.97 Å². The van der Waals surface area contributed by atoms with Gasteiger partial charge in [-0.1, -0.05) is 54.2 Å². The molecule has 0 spiro atoms. The molecule has 0 saturated carbocycles. The van der Waals surface area contributed by atoms with Crippen molar-refractivity contribution in [2.24, 2.45) is 0 Å². The second-order valence-electron chi connectivity index (χ2n) is 6.15. The minimum Gasteiger partial charge on any atom is -0.497 e. The fourth-order valence-electron chi connectivity index (χ4n) is 2.61. The van der Waals surface area contributed by atoms with Gasteiger partial charge in [0.25, 0.3) is 5.91 Å². The first-order valence-corrected chi connectivity index (χ1v) is 9.86. The number of rotatable bonds is 8. The molecule has 0 heterocycles. The summed E-state index contributed by atoms with van der Waals surface area (Å²) in [4.78, 5) is 26.3. The lowest BCUT2D eigenvalue weighted by Gasteiger charge is -2.11. The molecule has 0 fully saturated rings. The smallest absolute Gasteiger partial charge is 0.310 e. The topological polar surface area (TPSA) is 64.6 Å². The number of carbonyl (C=O) groups excluding carboxylic acids is 2. The van der Waals surface area contributed by atoms with Gasteiger partial charge in [0, 0.05) is 9.79 Å². The first-order valence-electron chi connectivity index (χ1n) is 9.04. The van der Waals surface area contributed by atoms with Crippen LogP contribution in [-0.2, 0) is 20.7 Å². The number of ether oxygens (including phenoxy) is 2. The normalized spacial score (nSPS) is 10.2. The third kappa shape index (κ3) is 6.40. The molecular formula is C23H21NO4S. The average molecular weight is 407 g/mol. The van der Waals surface area contributed by atoms with Crippen LogP contribution >= 0.6 is 11.8 Å². The maximum atomic E-state index is 12.3. The lowest BCUT2D eigenvalue weighted by Crippen LogP contribution is -2.21. The van der Waals surface area contributed by atoms with Crippen molar-refractivity contribution in [3.05, 3.63) is 84.4 Å². The zero-order chi connectivity index (χ0) is 20.5. The molecule has 0 aliphatic heterocycles. The van der Waals surface area contributed by atoms with Gasteiger partial charge in [0.15, 0.2) is 6.61 Å². The van der Waals surface area contributed by atoms with Gasteiger partial charge in [0.1, 0.15) is 5.75 Å². The maximum Gasteiger partial charge on any atom is 0.310 e. The van der Waals surface area contributed by atoms with E-state index in [0.717, 1.165) is 15.4 Å². The Morgan fingerprint density at radius 1 is 0.931 bits per heavy atom. The monoisotopic (exact) mass is 407 g/mol. The second kappa shape index (κ2) is 10.3. The summed E-state index contributed by atoms with van der Waals surface area (Å²) >= 11 is 1.55. The largest absolute Gasteiger partial charge is 0.497 e. The molecule has 0 bridgehead atoms. The van der Waals surface area contributed by atoms with Gasteiger partial charge in [0.05, 0.1) is 19.2 Å². The third-order valence-electron chi connectivity index (χ3n) is 3.98. The molecule has 0 aromatic heterocycles. The molecule has 1 amide bonds. The van der Waals surface area contributed by atoms with Crippen LogP contribution < -0.4 is 10.1 Å². The maximum absolute atomic E-state index is 12.3. The first kappa shape index (κ1) is 20.5. The van der Waals surface area contributed by atoms with Crippen molar-refractivity contribution in [2.45, 2.75) is 16.2 Å². The lowest BCUT2D eigenvalue weighted by atomic mass is 10.1. The van der Waals surface area contributed by atoms with Gasteiger partial charge in [-0.15, -0.1) is 0 Å². The first-order chi connectivity index (χ1) is 14.1. The van der Waals surface area contributed by atoms with Gasteiger partial charge in [-0.3, -0.25) is 9.59 Å². The molecular weight excluding hydrogens is 386 g/mol. The highest BCUT2D eigenvalue weighted by Gasteiger charge is 2.11. The second-order valence-corrected chi connectivity index (χ2v) is 7.26. The quantitative estimate of drug-likeness (QED) is 0.554. The number of carbonyl (C=O) groups is 2. The molecule has 6 heteroatoms. The van der Waals surface area contributed by atoms with Gasteiger partial charge in [-0.25, -0.2) is 0 Å². The summed E-state index contributed by atoms with van der Waals surface area (Å²) in [5.74, 6) is -0.189. The van der Waals surface area contributed by atoms with Gasteiger partial charge in [0.2, 0.25) is 0 Å². The number of benzene rings is 3. The summed E-state index contributed by atoms with van der Waals surface area (Å²) in [6.45, 7) is -0.340. The molecule has 29 heavy (non-hydrogen) atoms. The van der Waals surface area contributed by atoms with Crippen LogP contribution in [0.1, 0.15) is 5.56 Å². The minimum atomic E-state index is -0.472. The van der Waals surface area contributed by atoms with Crippen molar-refractivity contribution in [3.63, 3.8) is 0 Å². The van der Waals surface area contributed by atoms with Gasteiger partial charge in [-0.05, 0) is 42.0 Å². The number of para-hydroxylation sites is 1. The van der Waals surface area contributed by atoms with E-state index >= 15 is 0 Å². The average Bonchev–Trinajstić information content (AvgIpc) is 2.74. The fourth-order valence-corrected chi connectivity index (χ4v) is 3.53. The minimum absolute atomic E-state index is 0.0743. The van der Waals surface area contributed by atoms with Crippen LogP contribution in [0.3, 0.4) is 0 Å². The highest BCUT2D eigenvalue weighted by Crippen LogP contribution is 2.33. The summed E-state index contributed by atoms with van der Waals surface area (Å²) in [7, 11) is 1.57. The van der Waals surface area contributed by atoms with Crippen LogP contribution in [0.5, 0.6) is 5.75 Å². The molecule has 3 aromatic rings. The predicted octanol–water partition coefficient (Wildman–Crippen LogP) is 4.57. The molecule has 0 saturated heterocycles. The molecule has 0 aliphatic rings. The van der Waals surface area contributed by atoms with Crippen molar-refractivity contribution >= 4 is 29.3 Å². The summed E-state index contributed by atoms with van der Waals surface area (Å²) in [6.07, 6.45) is 0.0743. The van der Waals surface area contributed by atoms with Crippen molar-refractivity contribution < 1.29 is 19.1 Å². The summed E-state index contributed by atoms with van der Waals surface area (Å²) < 4.78 is 10.2. The number of hydrogen-bond donors (Lipinski definition) is 1. The number of esters is 1. The standard InChI is InChI=1S/C23H21NO4S/c1-27-18-9-7-8-17(14-18)15-23(26)28-16-22(25)24-20-12-5-6-13-21(20)29-19-10-3-2-4-11-19/h2-14H,15-16H2,1H3,(H,24,25). The highest BCUT2D eigenvalue weighted by atomic mass is 32.2. The number of hydrogen-bond acceptors (Lipinski definition) is 5. The fraction of sp³-hybridized carbons (Fsp3) is 0.130. The van der Waals surface area contributed by atoms with E-state index in [0.29, 0.717) is 11.4 Å². The highest BCUT2D eigenvalue weighted by molar-refractivity contribution is 7.99. The van der Waals surface area contributed by atoms with E-state index in [1.807, 2.05) is 54.6 Å². The SMILES string of the molecule is COc1cccc(CC(=O)OCC(=O)Nc2ccccc2Sc2ccccc2)c1. The van der Waals surface area contributed by atoms with Crippen LogP contribution in [0.2, 0.25) is 0 Å². The number of anilines is 1. The Labute approximate surface area is 174 Å². The van der Waals surface area contributed by atoms with Gasteiger partial charge < -0.3 is 14.8 Å². The molecule has 0 unspecified atom stereocenters. The Hall–Kier alpha value is -3.25. The van der Waals surface area contributed by atoms with Crippen LogP contribution in [0.15, 0.2) is 88.7 Å². The van der Waals surface area contributed by atoms with Crippen LogP contribution in [0, 0.1) is 0 Å². The zero-order valence-electron chi connectivity index (χ0n) is 16.0. The lowest BCUT2D eigenvalue weighted by molar-refractivity contribution is -0.146. The molecule has 148 valence electrons. The molecule has 0 radical (unpaired) electrons. The summed E-state index contributed by atoms with van der Waals surface area (Å²) in [6, 6.07) is 24.6. The molecule has 3 rings (SSSR count).